The highest BCUT2D eigenvalue weighted by Crippen LogP contribution is 2.41. The number of carbonyl (C=O) groups is 3. The van der Waals surface area contributed by atoms with Crippen molar-refractivity contribution in [3.05, 3.63) is 89.7 Å². The third kappa shape index (κ3) is 4.22. The van der Waals surface area contributed by atoms with Crippen LogP contribution in [-0.4, -0.2) is 31.2 Å². The molecule has 1 amide bonds. The summed E-state index contributed by atoms with van der Waals surface area (Å²) in [7, 11) is 1.52. The molecular formula is C26H22FNO5. The Labute approximate surface area is 190 Å². The van der Waals surface area contributed by atoms with Gasteiger partial charge >= 0.3 is 0 Å². The Hall–Kier alpha value is -4.00. The summed E-state index contributed by atoms with van der Waals surface area (Å²) < 4.78 is 24.2. The average Bonchev–Trinajstić information content (AvgIpc) is 3.10. The zero-order valence-electron chi connectivity index (χ0n) is 18.2. The van der Waals surface area contributed by atoms with Crippen molar-refractivity contribution < 1.29 is 28.2 Å². The summed E-state index contributed by atoms with van der Waals surface area (Å²) in [6.07, 6.45) is 0. The van der Waals surface area contributed by atoms with Gasteiger partial charge in [-0.05, 0) is 73.2 Å². The number of anilines is 1. The minimum Gasteiger partial charge on any atom is -0.497 e. The van der Waals surface area contributed by atoms with Gasteiger partial charge < -0.3 is 9.47 Å². The van der Waals surface area contributed by atoms with Crippen molar-refractivity contribution >= 4 is 23.2 Å². The Morgan fingerprint density at radius 2 is 1.52 bits per heavy atom. The first-order chi connectivity index (χ1) is 15.9. The van der Waals surface area contributed by atoms with E-state index in [0.717, 1.165) is 0 Å². The summed E-state index contributed by atoms with van der Waals surface area (Å²) in [5.74, 6) is -2.64. The number of benzene rings is 3. The van der Waals surface area contributed by atoms with Gasteiger partial charge in [0.25, 0.3) is 5.91 Å². The maximum atomic E-state index is 13.6. The van der Waals surface area contributed by atoms with Gasteiger partial charge in [0.1, 0.15) is 23.2 Å². The van der Waals surface area contributed by atoms with Crippen LogP contribution in [0.4, 0.5) is 10.1 Å². The number of hydrogen-bond donors (Lipinski definition) is 0. The number of ketones is 2. The van der Waals surface area contributed by atoms with E-state index in [1.807, 2.05) is 6.92 Å². The van der Waals surface area contributed by atoms with E-state index in [1.54, 1.807) is 48.5 Å². The van der Waals surface area contributed by atoms with Crippen LogP contribution < -0.4 is 14.4 Å². The van der Waals surface area contributed by atoms with Crippen LogP contribution in [0.15, 0.2) is 72.8 Å². The van der Waals surface area contributed by atoms with Gasteiger partial charge in [0, 0.05) is 11.3 Å². The molecule has 0 bridgehead atoms. The number of rotatable bonds is 7. The van der Waals surface area contributed by atoms with E-state index in [1.165, 1.54) is 36.3 Å². The van der Waals surface area contributed by atoms with E-state index in [9.17, 15) is 18.8 Å². The van der Waals surface area contributed by atoms with E-state index in [2.05, 4.69) is 0 Å². The third-order valence-electron chi connectivity index (χ3n) is 5.60. The van der Waals surface area contributed by atoms with Crippen LogP contribution >= 0.6 is 0 Å². The molecule has 1 aliphatic rings. The first-order valence-electron chi connectivity index (χ1n) is 10.5. The molecule has 0 radical (unpaired) electrons. The Morgan fingerprint density at radius 3 is 2.09 bits per heavy atom. The Bertz CT molecular complexity index is 1170. The van der Waals surface area contributed by atoms with Gasteiger partial charge in [0.2, 0.25) is 5.78 Å². The van der Waals surface area contributed by atoms with Gasteiger partial charge in [-0.1, -0.05) is 12.1 Å². The lowest BCUT2D eigenvalue weighted by atomic mass is 9.86. The third-order valence-corrected chi connectivity index (χ3v) is 5.60. The summed E-state index contributed by atoms with van der Waals surface area (Å²) in [6.45, 7) is 2.33. The number of methoxy groups -OCH3 is 1. The van der Waals surface area contributed by atoms with E-state index in [-0.39, 0.29) is 5.56 Å². The molecule has 3 aromatic rings. The molecule has 33 heavy (non-hydrogen) atoms. The van der Waals surface area contributed by atoms with Crippen LogP contribution in [0, 0.1) is 11.7 Å². The molecule has 2 atom stereocenters. The molecule has 168 valence electrons. The lowest BCUT2D eigenvalue weighted by molar-refractivity contribution is -0.135. The highest BCUT2D eigenvalue weighted by Gasteiger charge is 2.52. The molecule has 7 heteroatoms. The van der Waals surface area contributed by atoms with Crippen molar-refractivity contribution in [3.63, 3.8) is 0 Å². The minimum atomic E-state index is -1.27. The van der Waals surface area contributed by atoms with Crippen molar-refractivity contribution in [2.75, 3.05) is 18.6 Å². The van der Waals surface area contributed by atoms with Crippen molar-refractivity contribution in [1.29, 1.82) is 0 Å². The minimum absolute atomic E-state index is 0.285. The topological polar surface area (TPSA) is 72.9 Å². The monoisotopic (exact) mass is 447 g/mol. The van der Waals surface area contributed by atoms with Gasteiger partial charge in [0.15, 0.2) is 5.78 Å². The molecule has 2 unspecified atom stereocenters. The molecule has 3 aromatic carbocycles. The molecule has 0 aromatic heterocycles. The van der Waals surface area contributed by atoms with Crippen LogP contribution in [0.5, 0.6) is 11.5 Å². The van der Waals surface area contributed by atoms with Gasteiger partial charge in [0.05, 0.1) is 19.8 Å². The predicted molar refractivity (Wildman–Crippen MR) is 120 cm³/mol. The first kappa shape index (κ1) is 22.2. The van der Waals surface area contributed by atoms with Crippen LogP contribution in [0.1, 0.15) is 28.9 Å². The van der Waals surface area contributed by atoms with Crippen LogP contribution in [0.25, 0.3) is 0 Å². The molecule has 4 rings (SSSR count). The van der Waals surface area contributed by atoms with E-state index in [4.69, 9.17) is 9.47 Å². The number of nitrogens with zero attached hydrogens (tertiary/aromatic N) is 1. The molecule has 1 heterocycles. The predicted octanol–water partition coefficient (Wildman–Crippen LogP) is 4.39. The molecular weight excluding hydrogens is 425 g/mol. The van der Waals surface area contributed by atoms with Crippen molar-refractivity contribution in [3.8, 4) is 11.5 Å². The van der Waals surface area contributed by atoms with Crippen LogP contribution in [0.3, 0.4) is 0 Å². The highest BCUT2D eigenvalue weighted by atomic mass is 19.1. The maximum Gasteiger partial charge on any atom is 0.295 e. The first-order valence-corrected chi connectivity index (χ1v) is 10.5. The van der Waals surface area contributed by atoms with Gasteiger partial charge in [-0.25, -0.2) is 4.39 Å². The van der Waals surface area contributed by atoms with Gasteiger partial charge in [-0.15, -0.1) is 0 Å². The summed E-state index contributed by atoms with van der Waals surface area (Å²) in [6, 6.07) is 17.6. The smallest absolute Gasteiger partial charge is 0.295 e. The van der Waals surface area contributed by atoms with E-state index in [0.29, 0.717) is 29.4 Å². The quantitative estimate of drug-likeness (QED) is 0.305. The van der Waals surface area contributed by atoms with Crippen molar-refractivity contribution in [1.82, 2.24) is 0 Å². The lowest BCUT2D eigenvalue weighted by Crippen LogP contribution is -2.30. The van der Waals surface area contributed by atoms with Crippen molar-refractivity contribution in [2.24, 2.45) is 5.92 Å². The summed E-state index contributed by atoms with van der Waals surface area (Å²) in [5, 5.41) is 0. The molecule has 0 aliphatic carbocycles. The fraction of sp³-hybridized carbons (Fsp3) is 0.192. The Kier molecular flexibility index (Phi) is 6.22. The fourth-order valence-electron chi connectivity index (χ4n) is 4.02. The second-order valence-corrected chi connectivity index (χ2v) is 7.53. The number of carbonyl (C=O) groups excluding carboxylic acids is 3. The molecule has 6 nitrogen and oxygen atoms in total. The summed E-state index contributed by atoms with van der Waals surface area (Å²) >= 11 is 0. The SMILES string of the molecule is CCOc1ccc(C(=O)C2C(=O)C(=O)N(c3ccc(OC)cc3)C2c2ccc(F)cc2)cc1. The molecule has 0 saturated carbocycles. The second-order valence-electron chi connectivity index (χ2n) is 7.53. The number of amides is 1. The van der Waals surface area contributed by atoms with Crippen LogP contribution in [-0.2, 0) is 9.59 Å². The summed E-state index contributed by atoms with van der Waals surface area (Å²) in [5.41, 5.74) is 1.20. The molecule has 1 fully saturated rings. The van der Waals surface area contributed by atoms with Crippen molar-refractivity contribution in [2.45, 2.75) is 13.0 Å². The zero-order chi connectivity index (χ0) is 23.5. The largest absolute Gasteiger partial charge is 0.497 e. The van der Waals surface area contributed by atoms with Crippen LogP contribution in [0.2, 0.25) is 0 Å². The Morgan fingerprint density at radius 1 is 0.909 bits per heavy atom. The second kappa shape index (κ2) is 9.24. The standard InChI is InChI=1S/C26H22FNO5/c1-3-33-21-12-6-17(7-13-21)24(29)22-23(16-4-8-18(27)9-5-16)28(26(31)25(22)30)19-10-14-20(32-2)15-11-19/h4-15,22-23H,3H2,1-2H3. The molecule has 0 spiro atoms. The number of halogens is 1. The molecule has 1 saturated heterocycles. The fourth-order valence-corrected chi connectivity index (χ4v) is 4.02. The normalized spacial score (nSPS) is 17.8. The zero-order valence-corrected chi connectivity index (χ0v) is 18.2. The van der Waals surface area contributed by atoms with E-state index >= 15 is 0 Å². The lowest BCUT2D eigenvalue weighted by Gasteiger charge is -2.27. The summed E-state index contributed by atoms with van der Waals surface area (Å²) in [4.78, 5) is 41.0. The average molecular weight is 447 g/mol. The molecule has 0 N–H and O–H groups in total. The Balaban J connectivity index is 1.78. The number of hydrogen-bond acceptors (Lipinski definition) is 5. The highest BCUT2D eigenvalue weighted by molar-refractivity contribution is 6.49. The van der Waals surface area contributed by atoms with Gasteiger partial charge in [-0.3, -0.25) is 19.3 Å². The van der Waals surface area contributed by atoms with E-state index < -0.39 is 35.3 Å². The number of ether oxygens (including phenoxy) is 2. The number of Topliss-reactive ketones (excluding diaryl/α,β-unsaturated/α-hetero) is 2. The van der Waals surface area contributed by atoms with Gasteiger partial charge in [-0.2, -0.15) is 0 Å². The maximum absolute atomic E-state index is 13.6. The molecule has 1 aliphatic heterocycles.